The molecule has 0 aliphatic heterocycles. The standard InChI is InChI=1S/C26H34N4O6/c1-16-7-9-17(10-8-16)22(23(32)28-18-11-13-19(35-6)14-12-18)30(5)24(33)20(15-21(27)31)29-25(34)36-26(2,3)4/h7-14,20,22H,15H2,1-6H3,(H2,27,31)(H,28,32)(H,29,34). The first-order chi connectivity index (χ1) is 16.8. The van der Waals surface area contributed by atoms with Gasteiger partial charge in [-0.3, -0.25) is 14.4 Å². The zero-order valence-electron chi connectivity index (χ0n) is 21.5. The predicted molar refractivity (Wildman–Crippen MR) is 135 cm³/mol. The maximum absolute atomic E-state index is 13.5. The van der Waals surface area contributed by atoms with Crippen LogP contribution in [-0.4, -0.2) is 54.5 Å². The van der Waals surface area contributed by atoms with Crippen molar-refractivity contribution in [3.63, 3.8) is 0 Å². The lowest BCUT2D eigenvalue weighted by Gasteiger charge is -2.31. The largest absolute Gasteiger partial charge is 0.497 e. The van der Waals surface area contributed by atoms with Crippen LogP contribution in [0.2, 0.25) is 0 Å². The highest BCUT2D eigenvalue weighted by atomic mass is 16.6. The number of anilines is 1. The lowest BCUT2D eigenvalue weighted by molar-refractivity contribution is -0.140. The summed E-state index contributed by atoms with van der Waals surface area (Å²) in [6.07, 6.45) is -1.35. The molecule has 0 radical (unpaired) electrons. The first-order valence-corrected chi connectivity index (χ1v) is 11.4. The summed E-state index contributed by atoms with van der Waals surface area (Å²) in [6, 6.07) is 11.4. The second-order valence-electron chi connectivity index (χ2n) is 9.35. The Morgan fingerprint density at radius 1 is 1.00 bits per heavy atom. The Balaban J connectivity index is 2.36. The number of nitrogens with zero attached hydrogens (tertiary/aromatic N) is 1. The minimum absolute atomic E-state index is 0.469. The highest BCUT2D eigenvalue weighted by molar-refractivity contribution is 5.99. The van der Waals surface area contributed by atoms with E-state index in [1.54, 1.807) is 57.2 Å². The average molecular weight is 499 g/mol. The van der Waals surface area contributed by atoms with Gasteiger partial charge in [0.1, 0.15) is 23.4 Å². The van der Waals surface area contributed by atoms with E-state index in [-0.39, 0.29) is 0 Å². The number of alkyl carbamates (subject to hydrolysis) is 1. The van der Waals surface area contributed by atoms with Crippen LogP contribution in [0.3, 0.4) is 0 Å². The first-order valence-electron chi connectivity index (χ1n) is 11.4. The normalized spacial score (nSPS) is 12.6. The van der Waals surface area contributed by atoms with E-state index in [1.807, 2.05) is 19.1 Å². The molecule has 0 fully saturated rings. The molecule has 0 aliphatic carbocycles. The summed E-state index contributed by atoms with van der Waals surface area (Å²) in [4.78, 5) is 52.1. The number of primary amides is 1. The Morgan fingerprint density at radius 2 is 1.58 bits per heavy atom. The molecule has 0 aliphatic rings. The molecule has 10 nitrogen and oxygen atoms in total. The Labute approximate surface area is 211 Å². The van der Waals surface area contributed by atoms with E-state index in [1.165, 1.54) is 19.1 Å². The third-order valence-corrected chi connectivity index (χ3v) is 5.13. The van der Waals surface area contributed by atoms with Gasteiger partial charge in [-0.25, -0.2) is 4.79 Å². The summed E-state index contributed by atoms with van der Waals surface area (Å²) >= 11 is 0. The van der Waals surface area contributed by atoms with E-state index >= 15 is 0 Å². The van der Waals surface area contributed by atoms with Gasteiger partial charge in [-0.1, -0.05) is 29.8 Å². The molecule has 36 heavy (non-hydrogen) atoms. The molecule has 2 unspecified atom stereocenters. The van der Waals surface area contributed by atoms with Crippen molar-refractivity contribution in [1.29, 1.82) is 0 Å². The maximum atomic E-state index is 13.5. The van der Waals surface area contributed by atoms with Crippen LogP contribution in [0.5, 0.6) is 5.75 Å². The van der Waals surface area contributed by atoms with Crippen LogP contribution in [0.15, 0.2) is 48.5 Å². The fourth-order valence-electron chi connectivity index (χ4n) is 3.41. The van der Waals surface area contributed by atoms with Crippen LogP contribution in [0.4, 0.5) is 10.5 Å². The van der Waals surface area contributed by atoms with E-state index in [0.29, 0.717) is 17.0 Å². The molecular weight excluding hydrogens is 464 g/mol. The molecule has 4 N–H and O–H groups in total. The zero-order chi connectivity index (χ0) is 27.0. The van der Waals surface area contributed by atoms with Crippen molar-refractivity contribution in [3.8, 4) is 5.75 Å². The van der Waals surface area contributed by atoms with Crippen molar-refractivity contribution >= 4 is 29.5 Å². The lowest BCUT2D eigenvalue weighted by Crippen LogP contribution is -2.52. The minimum Gasteiger partial charge on any atom is -0.497 e. The van der Waals surface area contributed by atoms with Crippen molar-refractivity contribution in [2.24, 2.45) is 5.73 Å². The Bertz CT molecular complexity index is 1080. The number of hydrogen-bond donors (Lipinski definition) is 3. The molecule has 2 aromatic rings. The molecule has 0 saturated heterocycles. The molecule has 0 aromatic heterocycles. The fourth-order valence-corrected chi connectivity index (χ4v) is 3.41. The molecule has 2 atom stereocenters. The average Bonchev–Trinajstić information content (AvgIpc) is 2.78. The Hall–Kier alpha value is -4.08. The van der Waals surface area contributed by atoms with E-state index in [4.69, 9.17) is 15.2 Å². The number of rotatable bonds is 9. The highest BCUT2D eigenvalue weighted by Crippen LogP contribution is 2.24. The molecule has 0 heterocycles. The third kappa shape index (κ3) is 8.30. The van der Waals surface area contributed by atoms with Crippen molar-refractivity contribution in [1.82, 2.24) is 10.2 Å². The van der Waals surface area contributed by atoms with Gasteiger partial charge in [0.25, 0.3) is 5.91 Å². The van der Waals surface area contributed by atoms with Gasteiger partial charge in [0.05, 0.1) is 13.5 Å². The molecular formula is C26H34N4O6. The molecule has 2 aromatic carbocycles. The van der Waals surface area contributed by atoms with Crippen molar-refractivity contribution in [2.45, 2.75) is 51.8 Å². The molecule has 0 bridgehead atoms. The number of nitrogens with two attached hydrogens (primary N) is 1. The number of amides is 4. The van der Waals surface area contributed by atoms with Crippen molar-refractivity contribution < 1.29 is 28.7 Å². The van der Waals surface area contributed by atoms with Gasteiger partial charge in [0.15, 0.2) is 0 Å². The van der Waals surface area contributed by atoms with Crippen LogP contribution >= 0.6 is 0 Å². The number of methoxy groups -OCH3 is 1. The van der Waals surface area contributed by atoms with Crippen LogP contribution in [0.25, 0.3) is 0 Å². The van der Waals surface area contributed by atoms with Gasteiger partial charge in [0.2, 0.25) is 11.8 Å². The van der Waals surface area contributed by atoms with Crippen LogP contribution in [0.1, 0.15) is 44.4 Å². The molecule has 4 amide bonds. The quantitative estimate of drug-likeness (QED) is 0.486. The van der Waals surface area contributed by atoms with Crippen molar-refractivity contribution in [2.75, 3.05) is 19.5 Å². The second kappa shape index (κ2) is 12.1. The van der Waals surface area contributed by atoms with E-state index in [2.05, 4.69) is 10.6 Å². The number of carbonyl (C=O) groups excluding carboxylic acids is 4. The van der Waals surface area contributed by atoms with Gasteiger partial charge in [0, 0.05) is 12.7 Å². The van der Waals surface area contributed by atoms with Crippen molar-refractivity contribution in [3.05, 3.63) is 59.7 Å². The maximum Gasteiger partial charge on any atom is 0.408 e. The number of ether oxygens (including phenoxy) is 2. The van der Waals surface area contributed by atoms with E-state index < -0.39 is 47.9 Å². The lowest BCUT2D eigenvalue weighted by atomic mass is 10.0. The molecule has 0 saturated carbocycles. The second-order valence-corrected chi connectivity index (χ2v) is 9.35. The van der Waals surface area contributed by atoms with Crippen LogP contribution < -0.4 is 21.1 Å². The topological polar surface area (TPSA) is 140 Å². The smallest absolute Gasteiger partial charge is 0.408 e. The summed E-state index contributed by atoms with van der Waals surface area (Å²) < 4.78 is 10.4. The summed E-state index contributed by atoms with van der Waals surface area (Å²) in [5.41, 5.74) is 6.52. The SMILES string of the molecule is COc1ccc(NC(=O)C(c2ccc(C)cc2)N(C)C(=O)C(CC(N)=O)NC(=O)OC(C)(C)C)cc1. The van der Waals surface area contributed by atoms with Gasteiger partial charge in [-0.2, -0.15) is 0 Å². The number of likely N-dealkylation sites (N-methyl/N-ethyl adjacent to an activating group) is 1. The van der Waals surface area contributed by atoms with Gasteiger partial charge < -0.3 is 30.7 Å². The zero-order valence-corrected chi connectivity index (χ0v) is 21.5. The van der Waals surface area contributed by atoms with Gasteiger partial charge in [-0.15, -0.1) is 0 Å². The van der Waals surface area contributed by atoms with E-state index in [0.717, 1.165) is 5.56 Å². The Morgan fingerprint density at radius 3 is 2.08 bits per heavy atom. The number of carbonyl (C=O) groups is 4. The highest BCUT2D eigenvalue weighted by Gasteiger charge is 2.35. The fraction of sp³-hybridized carbons (Fsp3) is 0.385. The van der Waals surface area contributed by atoms with Gasteiger partial charge in [-0.05, 0) is 57.5 Å². The summed E-state index contributed by atoms with van der Waals surface area (Å²) in [5.74, 6) is -1.35. The van der Waals surface area contributed by atoms with E-state index in [9.17, 15) is 19.2 Å². The monoisotopic (exact) mass is 498 g/mol. The summed E-state index contributed by atoms with van der Waals surface area (Å²) in [6.45, 7) is 6.90. The number of benzene rings is 2. The third-order valence-electron chi connectivity index (χ3n) is 5.13. The number of nitrogens with one attached hydrogen (secondary N) is 2. The Kier molecular flexibility index (Phi) is 9.43. The first kappa shape index (κ1) is 28.2. The molecule has 0 spiro atoms. The van der Waals surface area contributed by atoms with Gasteiger partial charge >= 0.3 is 6.09 Å². The van der Waals surface area contributed by atoms with Crippen LogP contribution in [-0.2, 0) is 19.1 Å². The minimum atomic E-state index is -1.33. The molecule has 194 valence electrons. The predicted octanol–water partition coefficient (Wildman–Crippen LogP) is 2.91. The molecule has 10 heteroatoms. The number of hydrogen-bond acceptors (Lipinski definition) is 6. The summed E-state index contributed by atoms with van der Waals surface area (Å²) in [7, 11) is 2.96. The molecule has 2 rings (SSSR count). The van der Waals surface area contributed by atoms with Crippen LogP contribution in [0, 0.1) is 6.92 Å². The summed E-state index contributed by atoms with van der Waals surface area (Å²) in [5, 5.41) is 5.21. The number of aryl methyl sites for hydroxylation is 1.